The van der Waals surface area contributed by atoms with Gasteiger partial charge in [0, 0.05) is 19.5 Å². The lowest BCUT2D eigenvalue weighted by atomic mass is 10.0. The predicted octanol–water partition coefficient (Wildman–Crippen LogP) is 5.73. The largest absolute Gasteiger partial charge is 0.396 e. The Morgan fingerprint density at radius 2 is 1.48 bits per heavy atom. The van der Waals surface area contributed by atoms with Crippen molar-refractivity contribution in [1.82, 2.24) is 4.90 Å². The summed E-state index contributed by atoms with van der Waals surface area (Å²) in [5.74, 6) is 1.08. The van der Waals surface area contributed by atoms with Crippen LogP contribution in [0.3, 0.4) is 0 Å². The maximum atomic E-state index is 9.02. The van der Waals surface area contributed by atoms with Gasteiger partial charge in [0.25, 0.3) is 0 Å². The number of nitrogens with zero attached hydrogens (tertiary/aromatic N) is 2. The summed E-state index contributed by atoms with van der Waals surface area (Å²) in [7, 11) is 0. The maximum absolute atomic E-state index is 9.02. The molecule has 0 saturated heterocycles. The van der Waals surface area contributed by atoms with Crippen LogP contribution in [0.2, 0.25) is 0 Å². The van der Waals surface area contributed by atoms with Crippen molar-refractivity contribution in [2.24, 2.45) is 4.99 Å². The second-order valence-electron chi connectivity index (χ2n) is 7.37. The van der Waals surface area contributed by atoms with Crippen molar-refractivity contribution in [1.29, 1.82) is 0 Å². The molecular weight excluding hydrogens is 308 g/mol. The van der Waals surface area contributed by atoms with E-state index >= 15 is 0 Å². The zero-order valence-corrected chi connectivity index (χ0v) is 16.7. The summed E-state index contributed by atoms with van der Waals surface area (Å²) in [6.45, 7) is 5.35. The molecule has 0 atom stereocenters. The Balaban J connectivity index is 1.82. The van der Waals surface area contributed by atoms with E-state index in [-0.39, 0.29) is 6.61 Å². The minimum Gasteiger partial charge on any atom is -0.396 e. The summed E-state index contributed by atoms with van der Waals surface area (Å²) in [6, 6.07) is 0. The Bertz CT molecular complexity index is 352. The van der Waals surface area contributed by atoms with Crippen LogP contribution in [0.1, 0.15) is 96.8 Å². The normalized spacial score (nSPS) is 14.6. The van der Waals surface area contributed by atoms with E-state index in [1.165, 1.54) is 83.5 Å². The summed E-state index contributed by atoms with van der Waals surface area (Å²) in [6.07, 6.45) is 23.5. The van der Waals surface area contributed by atoms with Crippen LogP contribution in [0.15, 0.2) is 17.1 Å². The van der Waals surface area contributed by atoms with Gasteiger partial charge in [-0.05, 0) is 12.8 Å². The summed E-state index contributed by atoms with van der Waals surface area (Å²) in [5.41, 5.74) is 0. The first kappa shape index (κ1) is 22.2. The zero-order valence-electron chi connectivity index (χ0n) is 16.7. The molecule has 0 fully saturated rings. The summed E-state index contributed by atoms with van der Waals surface area (Å²) < 4.78 is 0. The molecule has 146 valence electrons. The van der Waals surface area contributed by atoms with Gasteiger partial charge in [-0.25, -0.2) is 0 Å². The number of aliphatic imine (C=N–C) groups is 1. The van der Waals surface area contributed by atoms with E-state index in [1.807, 2.05) is 0 Å². The number of rotatable bonds is 17. The van der Waals surface area contributed by atoms with E-state index < -0.39 is 0 Å². The van der Waals surface area contributed by atoms with Gasteiger partial charge in [-0.15, -0.1) is 0 Å². The van der Waals surface area contributed by atoms with Crippen molar-refractivity contribution in [3.8, 4) is 0 Å². The topological polar surface area (TPSA) is 35.8 Å². The monoisotopic (exact) mass is 350 g/mol. The summed E-state index contributed by atoms with van der Waals surface area (Å²) in [4.78, 5) is 6.73. The molecule has 1 aliphatic rings. The number of allylic oxidation sites excluding steroid dienone is 1. The molecule has 1 N–H and O–H groups in total. The van der Waals surface area contributed by atoms with Crippen LogP contribution in [0.5, 0.6) is 0 Å². The van der Waals surface area contributed by atoms with Gasteiger partial charge in [0.05, 0.1) is 13.2 Å². The third-order valence-electron chi connectivity index (χ3n) is 5.08. The molecular formula is C22H42N2O. The molecule has 0 saturated carbocycles. The highest BCUT2D eigenvalue weighted by molar-refractivity contribution is 5.83. The minimum atomic E-state index is 0.206. The van der Waals surface area contributed by atoms with Crippen molar-refractivity contribution in [3.63, 3.8) is 0 Å². The molecule has 0 radical (unpaired) electrons. The highest BCUT2D eigenvalue weighted by Gasteiger charge is 2.13. The van der Waals surface area contributed by atoms with E-state index in [4.69, 9.17) is 5.11 Å². The molecule has 0 aromatic heterocycles. The Kier molecular flexibility index (Phi) is 14.8. The van der Waals surface area contributed by atoms with Gasteiger partial charge in [-0.2, -0.15) is 0 Å². The summed E-state index contributed by atoms with van der Waals surface area (Å²) >= 11 is 0. The van der Waals surface area contributed by atoms with Crippen LogP contribution in [-0.4, -0.2) is 42.1 Å². The fraction of sp³-hybridized carbons (Fsp3) is 0.864. The Morgan fingerprint density at radius 3 is 2.08 bits per heavy atom. The molecule has 0 amide bonds. The Hall–Kier alpha value is -0.830. The number of hydrogen-bond acceptors (Lipinski definition) is 3. The average molecular weight is 351 g/mol. The van der Waals surface area contributed by atoms with Crippen molar-refractivity contribution < 1.29 is 5.11 Å². The van der Waals surface area contributed by atoms with Crippen LogP contribution in [0.4, 0.5) is 0 Å². The molecule has 3 heteroatoms. The molecule has 1 aliphatic heterocycles. The lowest BCUT2D eigenvalue weighted by Gasteiger charge is -2.17. The van der Waals surface area contributed by atoms with E-state index in [0.29, 0.717) is 6.42 Å². The number of aliphatic hydroxyl groups is 1. The average Bonchev–Trinajstić information content (AvgIpc) is 3.06. The van der Waals surface area contributed by atoms with Crippen LogP contribution in [0.25, 0.3) is 0 Å². The molecule has 0 aromatic rings. The number of hydrogen-bond donors (Lipinski definition) is 1. The maximum Gasteiger partial charge on any atom is 0.102 e. The van der Waals surface area contributed by atoms with Gasteiger partial charge >= 0.3 is 0 Å². The molecule has 1 heterocycles. The van der Waals surface area contributed by atoms with E-state index in [9.17, 15) is 0 Å². The van der Waals surface area contributed by atoms with Gasteiger partial charge in [-0.3, -0.25) is 4.99 Å². The lowest BCUT2D eigenvalue weighted by molar-refractivity contribution is 0.302. The summed E-state index contributed by atoms with van der Waals surface area (Å²) in [5, 5.41) is 9.02. The molecule has 0 spiro atoms. The lowest BCUT2D eigenvalue weighted by Crippen LogP contribution is -2.28. The molecule has 0 aromatic carbocycles. The number of unbranched alkanes of at least 4 members (excludes halogenated alkanes) is 12. The standard InChI is InChI=1S/C22H42N2O/c1-2-3-4-5-6-7-8-9-10-11-12-13-14-15-16-19-24-20-18-23-22(24)17-21-25/h15-16,25H,2-14,17-21H2,1H3. The fourth-order valence-electron chi connectivity index (χ4n) is 3.49. The molecule has 0 aliphatic carbocycles. The van der Waals surface area contributed by atoms with Gasteiger partial charge in [0.1, 0.15) is 5.84 Å². The minimum absolute atomic E-state index is 0.206. The first-order valence-corrected chi connectivity index (χ1v) is 10.9. The number of amidine groups is 1. The smallest absolute Gasteiger partial charge is 0.102 e. The molecule has 0 bridgehead atoms. The van der Waals surface area contributed by atoms with Crippen LogP contribution in [0, 0.1) is 0 Å². The van der Waals surface area contributed by atoms with Gasteiger partial charge in [0.2, 0.25) is 0 Å². The highest BCUT2D eigenvalue weighted by atomic mass is 16.3. The van der Waals surface area contributed by atoms with Crippen LogP contribution < -0.4 is 0 Å². The van der Waals surface area contributed by atoms with E-state index in [0.717, 1.165) is 25.5 Å². The first-order chi connectivity index (χ1) is 12.4. The fourth-order valence-corrected chi connectivity index (χ4v) is 3.49. The predicted molar refractivity (Wildman–Crippen MR) is 110 cm³/mol. The molecule has 0 unspecified atom stereocenters. The van der Waals surface area contributed by atoms with Gasteiger partial charge < -0.3 is 10.0 Å². The van der Waals surface area contributed by atoms with Gasteiger partial charge in [-0.1, -0.05) is 89.7 Å². The molecule has 3 nitrogen and oxygen atoms in total. The van der Waals surface area contributed by atoms with E-state index in [1.54, 1.807) is 0 Å². The highest BCUT2D eigenvalue weighted by Crippen LogP contribution is 2.12. The quantitative estimate of drug-likeness (QED) is 0.268. The number of aliphatic hydroxyl groups excluding tert-OH is 1. The van der Waals surface area contributed by atoms with Crippen LogP contribution in [-0.2, 0) is 0 Å². The second kappa shape index (κ2) is 16.6. The van der Waals surface area contributed by atoms with Crippen molar-refractivity contribution in [2.75, 3.05) is 26.2 Å². The molecule has 25 heavy (non-hydrogen) atoms. The van der Waals surface area contributed by atoms with Crippen molar-refractivity contribution >= 4 is 5.84 Å². The Labute approximate surface area is 156 Å². The van der Waals surface area contributed by atoms with Gasteiger partial charge in [0.15, 0.2) is 0 Å². The van der Waals surface area contributed by atoms with Crippen molar-refractivity contribution in [3.05, 3.63) is 12.2 Å². The SMILES string of the molecule is CCCCCCCCCCCCCCC=CCN1CCN=C1CCO. The van der Waals surface area contributed by atoms with Crippen molar-refractivity contribution in [2.45, 2.75) is 96.8 Å². The third-order valence-corrected chi connectivity index (χ3v) is 5.08. The third kappa shape index (κ3) is 12.2. The second-order valence-corrected chi connectivity index (χ2v) is 7.37. The Morgan fingerprint density at radius 1 is 0.880 bits per heavy atom. The van der Waals surface area contributed by atoms with E-state index in [2.05, 4.69) is 29.0 Å². The van der Waals surface area contributed by atoms with Crippen LogP contribution >= 0.6 is 0 Å². The zero-order chi connectivity index (χ0) is 18.0. The molecule has 1 rings (SSSR count). The first-order valence-electron chi connectivity index (χ1n) is 10.9.